The van der Waals surface area contributed by atoms with Crippen molar-refractivity contribution in [2.24, 2.45) is 0 Å². The van der Waals surface area contributed by atoms with Crippen LogP contribution in [0.2, 0.25) is 0 Å². The fourth-order valence-electron chi connectivity index (χ4n) is 2.45. The Kier molecular flexibility index (Phi) is 3.64. The number of rotatable bonds is 3. The van der Waals surface area contributed by atoms with Gasteiger partial charge >= 0.3 is 0 Å². The number of carbonyl (C=O) groups is 1. The first kappa shape index (κ1) is 12.7. The minimum atomic E-state index is 0.0733. The molecule has 0 saturated heterocycles. The van der Waals surface area contributed by atoms with Crippen LogP contribution < -0.4 is 0 Å². The van der Waals surface area contributed by atoms with Crippen LogP contribution in [0.1, 0.15) is 28.8 Å². The molecule has 0 bridgehead atoms. The molecule has 1 aliphatic heterocycles. The van der Waals surface area contributed by atoms with Gasteiger partial charge in [0.1, 0.15) is 5.76 Å². The van der Waals surface area contributed by atoms with Gasteiger partial charge in [-0.15, -0.1) is 0 Å². The van der Waals surface area contributed by atoms with Crippen molar-refractivity contribution in [3.05, 3.63) is 77.4 Å². The van der Waals surface area contributed by atoms with Gasteiger partial charge in [0.2, 0.25) is 0 Å². The molecule has 0 fully saturated rings. The van der Waals surface area contributed by atoms with E-state index in [2.05, 4.69) is 0 Å². The third-order valence-corrected chi connectivity index (χ3v) is 3.44. The lowest BCUT2D eigenvalue weighted by Gasteiger charge is -2.21. The van der Waals surface area contributed by atoms with Crippen LogP contribution in [0.4, 0.5) is 0 Å². The highest BCUT2D eigenvalue weighted by Crippen LogP contribution is 2.29. The predicted molar refractivity (Wildman–Crippen MR) is 79.3 cm³/mol. The van der Waals surface area contributed by atoms with E-state index in [1.54, 1.807) is 0 Å². The van der Waals surface area contributed by atoms with Gasteiger partial charge in [0.15, 0.2) is 5.78 Å². The van der Waals surface area contributed by atoms with Crippen molar-refractivity contribution in [3.63, 3.8) is 0 Å². The Balaban J connectivity index is 2.04. The third kappa shape index (κ3) is 2.50. The topological polar surface area (TPSA) is 26.3 Å². The molecule has 2 aromatic carbocycles. The number of carbonyl (C=O) groups excluding carboxylic acids is 1. The summed E-state index contributed by atoms with van der Waals surface area (Å²) in [4.78, 5) is 12.6. The number of ether oxygens (including phenoxy) is 1. The van der Waals surface area contributed by atoms with E-state index in [9.17, 15) is 4.79 Å². The molecule has 100 valence electrons. The molecule has 3 rings (SSSR count). The van der Waals surface area contributed by atoms with Crippen LogP contribution in [-0.4, -0.2) is 12.4 Å². The summed E-state index contributed by atoms with van der Waals surface area (Å²) >= 11 is 0. The van der Waals surface area contributed by atoms with Crippen LogP contribution in [0.5, 0.6) is 0 Å². The molecule has 0 saturated carbocycles. The molecule has 0 aromatic heterocycles. The maximum Gasteiger partial charge on any atom is 0.192 e. The highest BCUT2D eigenvalue weighted by Gasteiger charge is 2.22. The van der Waals surface area contributed by atoms with Crippen LogP contribution in [0, 0.1) is 0 Å². The molecule has 0 spiro atoms. The van der Waals surface area contributed by atoms with E-state index >= 15 is 0 Å². The van der Waals surface area contributed by atoms with Crippen molar-refractivity contribution in [2.45, 2.75) is 12.8 Å². The minimum absolute atomic E-state index is 0.0733. The molecule has 0 radical (unpaired) electrons. The van der Waals surface area contributed by atoms with Crippen LogP contribution in [0.3, 0.4) is 0 Å². The maximum absolute atomic E-state index is 12.6. The van der Waals surface area contributed by atoms with Gasteiger partial charge in [0.25, 0.3) is 0 Å². The number of hydrogen-bond donors (Lipinski definition) is 0. The van der Waals surface area contributed by atoms with Gasteiger partial charge in [-0.2, -0.15) is 0 Å². The molecule has 0 amide bonds. The second-order valence-electron chi connectivity index (χ2n) is 4.82. The van der Waals surface area contributed by atoms with Crippen molar-refractivity contribution >= 4 is 11.5 Å². The third-order valence-electron chi connectivity index (χ3n) is 3.44. The zero-order valence-corrected chi connectivity index (χ0v) is 11.2. The monoisotopic (exact) mass is 264 g/mol. The Bertz CT molecular complexity index is 627. The van der Waals surface area contributed by atoms with E-state index in [1.165, 1.54) is 0 Å². The highest BCUT2D eigenvalue weighted by molar-refractivity contribution is 6.12. The SMILES string of the molecule is O=C(C1=C(c2ccccc2)OCCC1)c1ccccc1. The van der Waals surface area contributed by atoms with Gasteiger partial charge in [-0.1, -0.05) is 60.7 Å². The molecular weight excluding hydrogens is 248 g/mol. The van der Waals surface area contributed by atoms with E-state index in [0.29, 0.717) is 6.61 Å². The molecule has 20 heavy (non-hydrogen) atoms. The summed E-state index contributed by atoms with van der Waals surface area (Å²) in [5.74, 6) is 0.815. The molecule has 0 unspecified atom stereocenters. The number of Topliss-reactive ketones (excluding diaryl/α,β-unsaturated/α-hetero) is 1. The normalized spacial score (nSPS) is 14.8. The first-order valence-corrected chi connectivity index (χ1v) is 6.87. The second-order valence-corrected chi connectivity index (χ2v) is 4.82. The summed E-state index contributed by atoms with van der Waals surface area (Å²) in [7, 11) is 0. The lowest BCUT2D eigenvalue weighted by Crippen LogP contribution is -2.13. The first-order valence-electron chi connectivity index (χ1n) is 6.87. The van der Waals surface area contributed by atoms with Crippen molar-refractivity contribution in [2.75, 3.05) is 6.61 Å². The standard InChI is InChI=1S/C18H16O2/c19-17(14-8-3-1-4-9-14)16-12-7-13-20-18(16)15-10-5-2-6-11-15/h1-6,8-11H,7,12-13H2. The molecule has 1 aliphatic rings. The van der Waals surface area contributed by atoms with E-state index < -0.39 is 0 Å². The zero-order valence-electron chi connectivity index (χ0n) is 11.2. The molecule has 2 aromatic rings. The van der Waals surface area contributed by atoms with Crippen LogP contribution >= 0.6 is 0 Å². The van der Waals surface area contributed by atoms with Gasteiger partial charge < -0.3 is 4.74 Å². The molecule has 0 aliphatic carbocycles. The van der Waals surface area contributed by atoms with Crippen LogP contribution in [0.25, 0.3) is 5.76 Å². The minimum Gasteiger partial charge on any atom is -0.493 e. The van der Waals surface area contributed by atoms with Crippen molar-refractivity contribution in [1.29, 1.82) is 0 Å². The van der Waals surface area contributed by atoms with E-state index in [1.807, 2.05) is 60.7 Å². The van der Waals surface area contributed by atoms with Crippen LogP contribution in [-0.2, 0) is 4.74 Å². The smallest absolute Gasteiger partial charge is 0.192 e. The van der Waals surface area contributed by atoms with Gasteiger partial charge in [0, 0.05) is 16.7 Å². The van der Waals surface area contributed by atoms with E-state index in [4.69, 9.17) is 4.74 Å². The fourth-order valence-corrected chi connectivity index (χ4v) is 2.45. The highest BCUT2D eigenvalue weighted by atomic mass is 16.5. The molecule has 1 heterocycles. The summed E-state index contributed by atoms with van der Waals surface area (Å²) in [6.45, 7) is 0.676. The lowest BCUT2D eigenvalue weighted by atomic mass is 9.94. The summed E-state index contributed by atoms with van der Waals surface area (Å²) in [5, 5.41) is 0. The van der Waals surface area contributed by atoms with Gasteiger partial charge in [0.05, 0.1) is 6.61 Å². The van der Waals surface area contributed by atoms with Gasteiger partial charge in [-0.3, -0.25) is 4.79 Å². The van der Waals surface area contributed by atoms with Gasteiger partial charge in [-0.05, 0) is 12.8 Å². The average Bonchev–Trinajstić information content (AvgIpc) is 2.56. The van der Waals surface area contributed by atoms with E-state index in [-0.39, 0.29) is 5.78 Å². The number of hydrogen-bond acceptors (Lipinski definition) is 2. The number of benzene rings is 2. The second kappa shape index (κ2) is 5.74. The molecule has 0 atom stereocenters. The summed E-state index contributed by atoms with van der Waals surface area (Å²) < 4.78 is 5.78. The lowest BCUT2D eigenvalue weighted by molar-refractivity contribution is 0.102. The van der Waals surface area contributed by atoms with E-state index in [0.717, 1.165) is 35.3 Å². The fraction of sp³-hybridized carbons (Fsp3) is 0.167. The first-order chi connectivity index (χ1) is 9.86. The maximum atomic E-state index is 12.6. The Morgan fingerprint density at radius 2 is 1.55 bits per heavy atom. The molecule has 2 nitrogen and oxygen atoms in total. The Hall–Kier alpha value is -2.35. The Labute approximate surface area is 118 Å². The van der Waals surface area contributed by atoms with Crippen molar-refractivity contribution in [1.82, 2.24) is 0 Å². The summed E-state index contributed by atoms with van der Waals surface area (Å²) in [5.41, 5.74) is 2.49. The van der Waals surface area contributed by atoms with Crippen LogP contribution in [0.15, 0.2) is 66.2 Å². The number of allylic oxidation sites excluding steroid dienone is 1. The Morgan fingerprint density at radius 1 is 0.900 bits per heavy atom. The molecule has 0 N–H and O–H groups in total. The van der Waals surface area contributed by atoms with Crippen molar-refractivity contribution < 1.29 is 9.53 Å². The average molecular weight is 264 g/mol. The van der Waals surface area contributed by atoms with Gasteiger partial charge in [-0.25, -0.2) is 0 Å². The summed E-state index contributed by atoms with van der Waals surface area (Å²) in [6.07, 6.45) is 1.67. The van der Waals surface area contributed by atoms with Crippen molar-refractivity contribution in [3.8, 4) is 0 Å². The predicted octanol–water partition coefficient (Wildman–Crippen LogP) is 4.09. The largest absolute Gasteiger partial charge is 0.493 e. The zero-order chi connectivity index (χ0) is 13.8. The molecule has 2 heteroatoms. The molecular formula is C18H16O2. The Morgan fingerprint density at radius 3 is 2.25 bits per heavy atom. The number of ketones is 1. The quantitative estimate of drug-likeness (QED) is 0.780. The summed E-state index contributed by atoms with van der Waals surface area (Å²) in [6, 6.07) is 19.3.